The van der Waals surface area contributed by atoms with Gasteiger partial charge in [-0.1, -0.05) is 12.1 Å². The van der Waals surface area contributed by atoms with E-state index in [9.17, 15) is 9.18 Å². The highest BCUT2D eigenvalue weighted by Gasteiger charge is 2.29. The van der Waals surface area contributed by atoms with Crippen molar-refractivity contribution in [2.45, 2.75) is 26.4 Å². The number of hydrogen-bond acceptors (Lipinski definition) is 3. The van der Waals surface area contributed by atoms with E-state index in [0.717, 1.165) is 42.2 Å². The van der Waals surface area contributed by atoms with Gasteiger partial charge in [-0.25, -0.2) is 4.39 Å². The minimum Gasteiger partial charge on any atom is -0.333 e. The average molecular weight is 332 g/mol. The third-order valence-electron chi connectivity index (χ3n) is 4.35. The fourth-order valence-electron chi connectivity index (χ4n) is 3.05. The lowest BCUT2D eigenvalue weighted by molar-refractivity contribution is 0.0479. The number of amides is 1. The molecule has 0 bridgehead atoms. The lowest BCUT2D eigenvalue weighted by Gasteiger charge is -2.39. The molecule has 0 saturated carbocycles. The summed E-state index contributed by atoms with van der Waals surface area (Å²) >= 11 is 1.52. The molecule has 5 heteroatoms. The molecule has 2 aromatic rings. The number of aryl methyl sites for hydroxylation is 1. The predicted octanol–water partition coefficient (Wildman–Crippen LogP) is 3.54. The summed E-state index contributed by atoms with van der Waals surface area (Å²) in [6.45, 7) is 7.30. The third kappa shape index (κ3) is 3.62. The van der Waals surface area contributed by atoms with Gasteiger partial charge in [-0.15, -0.1) is 11.3 Å². The van der Waals surface area contributed by atoms with Crippen LogP contribution in [0.1, 0.15) is 27.7 Å². The third-order valence-corrected chi connectivity index (χ3v) is 5.35. The second kappa shape index (κ2) is 6.81. The molecule has 0 spiro atoms. The second-order valence-electron chi connectivity index (χ2n) is 6.14. The molecule has 1 atom stereocenters. The smallest absolute Gasteiger partial charge is 0.264 e. The number of piperazine rings is 1. The van der Waals surface area contributed by atoms with Crippen LogP contribution in [0.5, 0.6) is 0 Å². The Bertz CT molecular complexity index is 683. The summed E-state index contributed by atoms with van der Waals surface area (Å²) in [4.78, 5) is 17.8. The van der Waals surface area contributed by atoms with Crippen molar-refractivity contribution in [3.8, 4) is 0 Å². The van der Waals surface area contributed by atoms with Crippen molar-refractivity contribution in [3.05, 3.63) is 57.5 Å². The quantitative estimate of drug-likeness (QED) is 0.858. The van der Waals surface area contributed by atoms with Crippen LogP contribution in [0.4, 0.5) is 4.39 Å². The van der Waals surface area contributed by atoms with Gasteiger partial charge in [-0.05, 0) is 48.6 Å². The molecule has 1 aromatic heterocycles. The Morgan fingerprint density at radius 1 is 1.26 bits per heavy atom. The van der Waals surface area contributed by atoms with Crippen LogP contribution in [-0.4, -0.2) is 41.4 Å². The highest BCUT2D eigenvalue weighted by atomic mass is 32.1. The molecule has 0 radical (unpaired) electrons. The van der Waals surface area contributed by atoms with Crippen molar-refractivity contribution in [2.75, 3.05) is 19.6 Å². The number of nitrogens with zero attached hydrogens (tertiary/aromatic N) is 2. The molecule has 2 heterocycles. The van der Waals surface area contributed by atoms with E-state index in [-0.39, 0.29) is 17.8 Å². The van der Waals surface area contributed by atoms with E-state index in [1.165, 1.54) is 23.5 Å². The molecular formula is C18H21FN2OS. The molecule has 1 aliphatic rings. The summed E-state index contributed by atoms with van der Waals surface area (Å²) in [5, 5.41) is 1.97. The van der Waals surface area contributed by atoms with Gasteiger partial charge in [-0.2, -0.15) is 0 Å². The molecule has 23 heavy (non-hydrogen) atoms. The van der Waals surface area contributed by atoms with Crippen molar-refractivity contribution in [2.24, 2.45) is 0 Å². The lowest BCUT2D eigenvalue weighted by Crippen LogP contribution is -2.53. The Morgan fingerprint density at radius 3 is 2.61 bits per heavy atom. The highest BCUT2D eigenvalue weighted by Crippen LogP contribution is 2.21. The Labute approximate surface area is 140 Å². The zero-order valence-corrected chi connectivity index (χ0v) is 14.3. The largest absolute Gasteiger partial charge is 0.333 e. The number of hydrogen-bond donors (Lipinski definition) is 0. The van der Waals surface area contributed by atoms with E-state index >= 15 is 0 Å². The van der Waals surface area contributed by atoms with Crippen molar-refractivity contribution in [3.63, 3.8) is 0 Å². The van der Waals surface area contributed by atoms with E-state index in [2.05, 4.69) is 11.8 Å². The molecule has 0 aliphatic carbocycles. The lowest BCUT2D eigenvalue weighted by atomic mass is 10.1. The molecule has 1 saturated heterocycles. The molecule has 1 aliphatic heterocycles. The maximum atomic E-state index is 13.0. The zero-order valence-electron chi connectivity index (χ0n) is 13.5. The summed E-state index contributed by atoms with van der Waals surface area (Å²) < 4.78 is 13.0. The maximum Gasteiger partial charge on any atom is 0.264 e. The van der Waals surface area contributed by atoms with E-state index in [1.54, 1.807) is 0 Å². The van der Waals surface area contributed by atoms with E-state index in [0.29, 0.717) is 0 Å². The number of rotatable bonds is 3. The molecule has 3 nitrogen and oxygen atoms in total. The first kappa shape index (κ1) is 16.1. The fraction of sp³-hybridized carbons (Fsp3) is 0.389. The van der Waals surface area contributed by atoms with Crippen LogP contribution in [0.15, 0.2) is 35.7 Å². The predicted molar refractivity (Wildman–Crippen MR) is 91.2 cm³/mol. The standard InChI is InChI=1S/C18H21FN2OS/c1-13-7-10-23-17(13)18(22)21-9-8-20(11-14(21)2)12-15-3-5-16(19)6-4-15/h3-7,10,14H,8-9,11-12H2,1-2H3/t14-/m0/s1. The van der Waals surface area contributed by atoms with Crippen LogP contribution in [-0.2, 0) is 6.54 Å². The Hall–Kier alpha value is -1.72. The normalized spacial score (nSPS) is 19.1. The van der Waals surface area contributed by atoms with Crippen LogP contribution in [0, 0.1) is 12.7 Å². The Morgan fingerprint density at radius 2 is 2.00 bits per heavy atom. The van der Waals surface area contributed by atoms with Crippen molar-refractivity contribution < 1.29 is 9.18 Å². The molecule has 122 valence electrons. The minimum atomic E-state index is -0.205. The summed E-state index contributed by atoms with van der Waals surface area (Å²) in [5.41, 5.74) is 2.16. The van der Waals surface area contributed by atoms with Crippen LogP contribution in [0.25, 0.3) is 0 Å². The first-order chi connectivity index (χ1) is 11.0. The fourth-order valence-corrected chi connectivity index (χ4v) is 3.93. The monoisotopic (exact) mass is 332 g/mol. The summed E-state index contributed by atoms with van der Waals surface area (Å²) in [6, 6.07) is 8.82. The molecule has 0 N–H and O–H groups in total. The maximum absolute atomic E-state index is 13.0. The van der Waals surface area contributed by atoms with Gasteiger partial charge in [0.25, 0.3) is 5.91 Å². The second-order valence-corrected chi connectivity index (χ2v) is 7.06. The molecule has 1 fully saturated rings. The molecule has 1 aromatic carbocycles. The van der Waals surface area contributed by atoms with Gasteiger partial charge >= 0.3 is 0 Å². The molecular weight excluding hydrogens is 311 g/mol. The van der Waals surface area contributed by atoms with Crippen LogP contribution < -0.4 is 0 Å². The van der Waals surface area contributed by atoms with E-state index in [1.807, 2.05) is 35.4 Å². The van der Waals surface area contributed by atoms with Gasteiger partial charge in [-0.3, -0.25) is 9.69 Å². The van der Waals surface area contributed by atoms with Gasteiger partial charge in [0.2, 0.25) is 0 Å². The number of carbonyl (C=O) groups is 1. The molecule has 3 rings (SSSR count). The van der Waals surface area contributed by atoms with Crippen LogP contribution >= 0.6 is 11.3 Å². The minimum absolute atomic E-state index is 0.145. The molecule has 0 unspecified atom stereocenters. The van der Waals surface area contributed by atoms with Crippen molar-refractivity contribution in [1.29, 1.82) is 0 Å². The van der Waals surface area contributed by atoms with Crippen molar-refractivity contribution in [1.82, 2.24) is 9.80 Å². The Balaban J connectivity index is 1.62. The van der Waals surface area contributed by atoms with Gasteiger partial charge in [0.15, 0.2) is 0 Å². The first-order valence-corrected chi connectivity index (χ1v) is 8.74. The zero-order chi connectivity index (χ0) is 16.4. The van der Waals surface area contributed by atoms with Gasteiger partial charge in [0, 0.05) is 32.2 Å². The number of halogens is 1. The summed E-state index contributed by atoms with van der Waals surface area (Å²) in [5.74, 6) is -0.0599. The molecule has 1 amide bonds. The topological polar surface area (TPSA) is 23.6 Å². The Kier molecular flexibility index (Phi) is 4.78. The number of carbonyl (C=O) groups excluding carboxylic acids is 1. The van der Waals surface area contributed by atoms with Gasteiger partial charge in [0.1, 0.15) is 5.82 Å². The number of benzene rings is 1. The SMILES string of the molecule is Cc1ccsc1C(=O)N1CCN(Cc2ccc(F)cc2)C[C@@H]1C. The highest BCUT2D eigenvalue weighted by molar-refractivity contribution is 7.12. The van der Waals surface area contributed by atoms with Crippen LogP contribution in [0.3, 0.4) is 0 Å². The van der Waals surface area contributed by atoms with E-state index in [4.69, 9.17) is 0 Å². The average Bonchev–Trinajstić information content (AvgIpc) is 2.95. The number of thiophene rings is 1. The van der Waals surface area contributed by atoms with Crippen LogP contribution in [0.2, 0.25) is 0 Å². The summed E-state index contributed by atoms with van der Waals surface area (Å²) in [6.07, 6.45) is 0. The van der Waals surface area contributed by atoms with E-state index < -0.39 is 0 Å². The van der Waals surface area contributed by atoms with Gasteiger partial charge in [0.05, 0.1) is 4.88 Å². The first-order valence-electron chi connectivity index (χ1n) is 7.86. The van der Waals surface area contributed by atoms with Gasteiger partial charge < -0.3 is 4.90 Å². The van der Waals surface area contributed by atoms with Crippen molar-refractivity contribution >= 4 is 17.2 Å². The summed E-state index contributed by atoms with van der Waals surface area (Å²) in [7, 11) is 0.